The van der Waals surface area contributed by atoms with Crippen LogP contribution < -0.4 is 5.32 Å². The average Bonchev–Trinajstić information content (AvgIpc) is 3.55. The number of esters is 1. The van der Waals surface area contributed by atoms with Crippen LogP contribution in [0.15, 0.2) is 60.7 Å². The molecule has 4 atom stereocenters. The van der Waals surface area contributed by atoms with Crippen LogP contribution in [0.5, 0.6) is 0 Å². The minimum atomic E-state index is -2.81. The molecule has 2 amide bonds. The van der Waals surface area contributed by atoms with Crippen molar-refractivity contribution in [1.29, 1.82) is 0 Å². The number of likely N-dealkylation sites (tertiary alicyclic amines) is 1. The molecule has 1 aliphatic rings. The molecule has 2 aromatic rings. The van der Waals surface area contributed by atoms with Gasteiger partial charge in [0.05, 0.1) is 5.56 Å². The van der Waals surface area contributed by atoms with E-state index in [-0.39, 0.29) is 32.7 Å². The van der Waals surface area contributed by atoms with Gasteiger partial charge in [0.15, 0.2) is 6.10 Å². The van der Waals surface area contributed by atoms with E-state index in [4.69, 9.17) is 18.5 Å². The van der Waals surface area contributed by atoms with Crippen LogP contribution in [0.25, 0.3) is 0 Å². The molecule has 1 aliphatic heterocycles. The number of ether oxygens (including phenoxy) is 2. The van der Waals surface area contributed by atoms with Gasteiger partial charge >= 0.3 is 26.3 Å². The molecule has 0 aliphatic carbocycles. The lowest BCUT2D eigenvalue weighted by atomic mass is 10.1. The number of hydrogen-bond acceptors (Lipinski definition) is 9. The predicted octanol–water partition coefficient (Wildman–Crippen LogP) is 5.63. The van der Waals surface area contributed by atoms with Crippen LogP contribution in [-0.4, -0.2) is 71.9 Å². The third-order valence-electron chi connectivity index (χ3n) is 7.21. The largest absolute Gasteiger partial charge is 0.698 e. The minimum absolute atomic E-state index is 0.120. The second kappa shape index (κ2) is 19.5. The first-order valence-corrected chi connectivity index (χ1v) is 16.4. The minimum Gasteiger partial charge on any atom is -0.480 e. The Morgan fingerprint density at radius 3 is 2.40 bits per heavy atom. The lowest BCUT2D eigenvalue weighted by Crippen LogP contribution is -2.45. The number of carbonyl (C=O) groups excluding carboxylic acids is 3. The van der Waals surface area contributed by atoms with Crippen LogP contribution in [-0.2, 0) is 39.3 Å². The number of benzene rings is 2. The van der Waals surface area contributed by atoms with Crippen molar-refractivity contribution in [2.75, 3.05) is 19.7 Å². The summed E-state index contributed by atoms with van der Waals surface area (Å²) in [7, 11) is -2.81. The number of amides is 2. The van der Waals surface area contributed by atoms with Gasteiger partial charge in [-0.2, -0.15) is 0 Å². The Labute approximate surface area is 264 Å². The zero-order valence-electron chi connectivity index (χ0n) is 25.5. The van der Waals surface area contributed by atoms with Gasteiger partial charge in [-0.15, -0.1) is 9.05 Å². The van der Waals surface area contributed by atoms with Crippen LogP contribution in [0.4, 0.5) is 4.79 Å². The van der Waals surface area contributed by atoms with Crippen molar-refractivity contribution in [2.45, 2.75) is 83.1 Å². The van der Waals surface area contributed by atoms with Gasteiger partial charge in [0, 0.05) is 17.7 Å². The summed E-state index contributed by atoms with van der Waals surface area (Å²) >= 11 is 0. The van der Waals surface area contributed by atoms with Crippen molar-refractivity contribution in [3.8, 4) is 0 Å². The first kappa shape index (κ1) is 35.6. The molecule has 1 saturated heterocycles. The maximum Gasteiger partial charge on any atom is 0.698 e. The molecule has 244 valence electrons. The molecular formula is C32H42N2O10P+. The second-order valence-electron chi connectivity index (χ2n) is 10.7. The molecular weight excluding hydrogens is 603 g/mol. The number of hydrogen-bond donors (Lipinski definition) is 2. The Balaban J connectivity index is 1.52. The third kappa shape index (κ3) is 12.6. The smallest absolute Gasteiger partial charge is 0.480 e. The lowest BCUT2D eigenvalue weighted by Gasteiger charge is -2.24. The fraction of sp³-hybridized carbons (Fsp3) is 0.500. The zero-order valence-corrected chi connectivity index (χ0v) is 26.4. The van der Waals surface area contributed by atoms with Gasteiger partial charge in [0.25, 0.3) is 5.91 Å². The summed E-state index contributed by atoms with van der Waals surface area (Å²) in [4.78, 5) is 50.9. The number of alkyl carbamates (subject to hydrolysis) is 1. The Morgan fingerprint density at radius 1 is 1.00 bits per heavy atom. The van der Waals surface area contributed by atoms with Gasteiger partial charge in [-0.25, -0.2) is 14.4 Å². The van der Waals surface area contributed by atoms with Gasteiger partial charge in [0.2, 0.25) is 0 Å². The standard InChI is InChI=1S/C32H41N2O10P/c1-2-3-17-26(43-31(38)25-15-8-5-9-16-25)23-42-45(40)44-28(29(35)34-21-12-18-27(34)30(36)37)19-10-11-20-33-32(39)41-22-24-13-6-4-7-14-24/h4-9,13-16,26-28H,2-3,10-12,17-23H2,1H3,(H-,33,36,37,39)/p+1/t26?,27-,28-/m0/s1. The van der Waals surface area contributed by atoms with Crippen molar-refractivity contribution in [3.05, 3.63) is 71.8 Å². The summed E-state index contributed by atoms with van der Waals surface area (Å²) in [5, 5.41) is 12.2. The van der Waals surface area contributed by atoms with Crippen LogP contribution in [0.2, 0.25) is 0 Å². The van der Waals surface area contributed by atoms with E-state index in [0.717, 1.165) is 18.4 Å². The van der Waals surface area contributed by atoms with Crippen molar-refractivity contribution < 1.29 is 47.4 Å². The Morgan fingerprint density at radius 2 is 1.71 bits per heavy atom. The molecule has 0 saturated carbocycles. The van der Waals surface area contributed by atoms with E-state index in [1.807, 2.05) is 37.3 Å². The first-order chi connectivity index (χ1) is 21.8. The summed E-state index contributed by atoms with van der Waals surface area (Å²) in [6.45, 7) is 2.43. The van der Waals surface area contributed by atoms with Gasteiger partial charge in [-0.3, -0.25) is 4.79 Å². The van der Waals surface area contributed by atoms with E-state index in [1.165, 1.54) is 4.90 Å². The van der Waals surface area contributed by atoms with E-state index in [1.54, 1.807) is 30.3 Å². The number of rotatable bonds is 19. The van der Waals surface area contributed by atoms with Crippen LogP contribution in [0.3, 0.4) is 0 Å². The van der Waals surface area contributed by atoms with E-state index in [0.29, 0.717) is 37.7 Å². The zero-order chi connectivity index (χ0) is 32.4. The molecule has 1 heterocycles. The number of aliphatic carboxylic acids is 1. The molecule has 2 N–H and O–H groups in total. The summed E-state index contributed by atoms with van der Waals surface area (Å²) in [5.41, 5.74) is 1.23. The molecule has 45 heavy (non-hydrogen) atoms. The summed E-state index contributed by atoms with van der Waals surface area (Å²) in [6.07, 6.45) is 1.41. The second-order valence-corrected chi connectivity index (χ2v) is 11.6. The summed E-state index contributed by atoms with van der Waals surface area (Å²) in [5.74, 6) is -2.23. The number of carboxylic acid groups (broad SMARTS) is 1. The third-order valence-corrected chi connectivity index (χ3v) is 8.00. The molecule has 0 aromatic heterocycles. The maximum absolute atomic E-state index is 13.4. The average molecular weight is 646 g/mol. The number of nitrogens with one attached hydrogen (secondary N) is 1. The van der Waals surface area contributed by atoms with Crippen LogP contribution in [0.1, 0.15) is 74.2 Å². The number of carboxylic acids is 1. The van der Waals surface area contributed by atoms with E-state index in [2.05, 4.69) is 5.32 Å². The highest BCUT2D eigenvalue weighted by atomic mass is 31.1. The van der Waals surface area contributed by atoms with Crippen molar-refractivity contribution in [2.24, 2.45) is 0 Å². The number of carbonyl (C=O) groups is 4. The quantitative estimate of drug-likeness (QED) is 0.111. The number of unbranched alkanes of at least 4 members (excludes halogenated alkanes) is 2. The van der Waals surface area contributed by atoms with Gasteiger partial charge in [0.1, 0.15) is 25.4 Å². The molecule has 0 radical (unpaired) electrons. The fourth-order valence-electron chi connectivity index (χ4n) is 4.79. The molecule has 3 rings (SSSR count). The predicted molar refractivity (Wildman–Crippen MR) is 164 cm³/mol. The maximum atomic E-state index is 13.4. The highest BCUT2D eigenvalue weighted by molar-refractivity contribution is 7.33. The van der Waals surface area contributed by atoms with Crippen LogP contribution >= 0.6 is 8.25 Å². The lowest BCUT2D eigenvalue weighted by molar-refractivity contribution is -0.151. The topological polar surface area (TPSA) is 158 Å². The van der Waals surface area contributed by atoms with Gasteiger partial charge < -0.3 is 24.8 Å². The molecule has 0 bridgehead atoms. The number of nitrogens with zero attached hydrogens (tertiary/aromatic N) is 1. The Hall–Kier alpha value is -3.86. The van der Waals surface area contributed by atoms with E-state index >= 15 is 0 Å². The summed E-state index contributed by atoms with van der Waals surface area (Å²) in [6, 6.07) is 16.8. The first-order valence-electron chi connectivity index (χ1n) is 15.3. The molecule has 2 unspecified atom stereocenters. The molecule has 0 spiro atoms. The molecule has 1 fully saturated rings. The fourth-order valence-corrected chi connectivity index (χ4v) is 5.55. The van der Waals surface area contributed by atoms with Gasteiger partial charge in [-0.1, -0.05) is 61.9 Å². The molecule has 12 nitrogen and oxygen atoms in total. The van der Waals surface area contributed by atoms with Crippen molar-refractivity contribution in [3.63, 3.8) is 0 Å². The highest BCUT2D eigenvalue weighted by Gasteiger charge is 2.41. The van der Waals surface area contributed by atoms with Gasteiger partial charge in [-0.05, 0) is 62.6 Å². The van der Waals surface area contributed by atoms with E-state index < -0.39 is 50.4 Å². The Kier molecular flexibility index (Phi) is 15.4. The highest BCUT2D eigenvalue weighted by Crippen LogP contribution is 2.31. The Bertz CT molecular complexity index is 1250. The monoisotopic (exact) mass is 645 g/mol. The normalized spacial score (nSPS) is 16.0. The molecule has 2 aromatic carbocycles. The summed E-state index contributed by atoms with van der Waals surface area (Å²) < 4.78 is 34.7. The molecule has 13 heteroatoms. The van der Waals surface area contributed by atoms with Crippen molar-refractivity contribution in [1.82, 2.24) is 10.2 Å². The SMILES string of the molecule is CCCCC(CO[P+](=O)O[C@@H](CCCCNC(=O)OCc1ccccc1)C(=O)N1CCC[C@H]1C(=O)O)OC(=O)c1ccccc1. The van der Waals surface area contributed by atoms with Crippen molar-refractivity contribution >= 4 is 32.2 Å². The van der Waals surface area contributed by atoms with E-state index in [9.17, 15) is 28.8 Å². The van der Waals surface area contributed by atoms with Crippen LogP contribution in [0, 0.1) is 0 Å².